The van der Waals surface area contributed by atoms with Crippen LogP contribution < -0.4 is 15.4 Å². The van der Waals surface area contributed by atoms with Gasteiger partial charge in [-0.2, -0.15) is 0 Å². The zero-order chi connectivity index (χ0) is 24.9. The van der Waals surface area contributed by atoms with E-state index in [1.165, 1.54) is 37.8 Å². The minimum absolute atomic E-state index is 0.0524. The number of carbonyl (C=O) groups excluding carboxylic acids is 1. The second-order valence-corrected chi connectivity index (χ2v) is 9.84. The Morgan fingerprint density at radius 2 is 1.92 bits per heavy atom. The average Bonchev–Trinajstić information content (AvgIpc) is 3.53. The molecule has 1 aromatic carbocycles. The fourth-order valence-corrected chi connectivity index (χ4v) is 5.83. The molecular weight excluding hydrogens is 470 g/mol. The van der Waals surface area contributed by atoms with E-state index in [1.54, 1.807) is 7.11 Å². The van der Waals surface area contributed by atoms with Crippen molar-refractivity contribution in [2.75, 3.05) is 19.0 Å². The van der Waals surface area contributed by atoms with Crippen molar-refractivity contribution in [3.05, 3.63) is 78.4 Å². The number of para-hydroxylation sites is 2. The van der Waals surface area contributed by atoms with Gasteiger partial charge >= 0.3 is 0 Å². The lowest BCUT2D eigenvalue weighted by molar-refractivity contribution is -0.116. The number of ether oxygens (including phenoxy) is 1. The first-order valence-electron chi connectivity index (χ1n) is 12.7. The molecular formula is C28H33N5O2S. The summed E-state index contributed by atoms with van der Waals surface area (Å²) in [5, 5.41) is 7.14. The Hall–Kier alpha value is -3.39. The van der Waals surface area contributed by atoms with Crippen LogP contribution in [0.2, 0.25) is 0 Å². The highest BCUT2D eigenvalue weighted by molar-refractivity contribution is 7.80. The third kappa shape index (κ3) is 5.09. The Morgan fingerprint density at radius 1 is 1.11 bits per heavy atom. The highest BCUT2D eigenvalue weighted by Crippen LogP contribution is 2.41. The lowest BCUT2D eigenvalue weighted by atomic mass is 9.94. The van der Waals surface area contributed by atoms with Gasteiger partial charge in [0.1, 0.15) is 5.75 Å². The molecule has 8 heteroatoms. The van der Waals surface area contributed by atoms with Gasteiger partial charge in [0.05, 0.1) is 30.6 Å². The minimum atomic E-state index is -0.0896. The molecule has 0 bridgehead atoms. The van der Waals surface area contributed by atoms with Gasteiger partial charge < -0.3 is 24.8 Å². The van der Waals surface area contributed by atoms with Gasteiger partial charge in [-0.15, -0.1) is 0 Å². The van der Waals surface area contributed by atoms with E-state index in [4.69, 9.17) is 17.0 Å². The molecule has 1 aliphatic heterocycles. The molecule has 2 N–H and O–H groups in total. The van der Waals surface area contributed by atoms with Gasteiger partial charge in [0.2, 0.25) is 5.91 Å². The summed E-state index contributed by atoms with van der Waals surface area (Å²) in [4.78, 5) is 19.7. The van der Waals surface area contributed by atoms with Crippen molar-refractivity contribution in [3.8, 4) is 5.75 Å². The second kappa shape index (κ2) is 11.1. The van der Waals surface area contributed by atoms with E-state index in [1.807, 2.05) is 48.7 Å². The van der Waals surface area contributed by atoms with E-state index in [2.05, 4.69) is 43.4 Å². The molecule has 1 saturated heterocycles. The quantitative estimate of drug-likeness (QED) is 0.401. The number of hydrogen-bond donors (Lipinski definition) is 2. The first-order valence-corrected chi connectivity index (χ1v) is 13.1. The van der Waals surface area contributed by atoms with Crippen molar-refractivity contribution in [2.45, 2.75) is 56.7 Å². The zero-order valence-corrected chi connectivity index (χ0v) is 21.4. The molecule has 1 saturated carbocycles. The van der Waals surface area contributed by atoms with Crippen LogP contribution in [0, 0.1) is 0 Å². The number of carbonyl (C=O) groups is 1. The predicted octanol–water partition coefficient (Wildman–Crippen LogP) is 5.40. The molecule has 0 radical (unpaired) electrons. The topological polar surface area (TPSA) is 71.4 Å². The van der Waals surface area contributed by atoms with Crippen LogP contribution in [0.1, 0.15) is 68.0 Å². The largest absolute Gasteiger partial charge is 0.495 e. The van der Waals surface area contributed by atoms with E-state index < -0.39 is 0 Å². The molecule has 3 aromatic rings. The lowest BCUT2D eigenvalue weighted by Crippen LogP contribution is -2.34. The highest BCUT2D eigenvalue weighted by Gasteiger charge is 2.41. The first-order chi connectivity index (χ1) is 17.7. The number of benzene rings is 1. The number of aromatic nitrogens is 2. The second-order valence-electron chi connectivity index (χ2n) is 9.45. The molecule has 3 heterocycles. The monoisotopic (exact) mass is 503 g/mol. The van der Waals surface area contributed by atoms with Crippen LogP contribution in [-0.2, 0) is 4.79 Å². The maximum Gasteiger partial charge on any atom is 0.226 e. The number of thiocarbonyl (C=S) groups is 1. The van der Waals surface area contributed by atoms with Gasteiger partial charge in [-0.25, -0.2) is 0 Å². The molecule has 2 aromatic heterocycles. The van der Waals surface area contributed by atoms with Gasteiger partial charge in [-0.3, -0.25) is 9.78 Å². The fraction of sp³-hybridized carbons (Fsp3) is 0.393. The number of rotatable bonds is 8. The molecule has 5 rings (SSSR count). The lowest BCUT2D eigenvalue weighted by Gasteiger charge is -2.32. The fourth-order valence-electron chi connectivity index (χ4n) is 5.50. The van der Waals surface area contributed by atoms with E-state index in [0.29, 0.717) is 35.6 Å². The summed E-state index contributed by atoms with van der Waals surface area (Å²) in [6.45, 7) is 0.497. The molecule has 2 atom stereocenters. The third-order valence-corrected chi connectivity index (χ3v) is 7.59. The number of nitrogens with one attached hydrogen (secondary N) is 2. The van der Waals surface area contributed by atoms with Gasteiger partial charge in [0.25, 0.3) is 0 Å². The van der Waals surface area contributed by atoms with Crippen molar-refractivity contribution in [2.24, 2.45) is 0 Å². The normalized spacial score (nSPS) is 20.2. The van der Waals surface area contributed by atoms with Crippen molar-refractivity contribution in [1.82, 2.24) is 19.8 Å². The van der Waals surface area contributed by atoms with Gasteiger partial charge in [0.15, 0.2) is 5.11 Å². The zero-order valence-electron chi connectivity index (χ0n) is 20.6. The molecule has 188 valence electrons. The summed E-state index contributed by atoms with van der Waals surface area (Å²) in [7, 11) is 1.60. The van der Waals surface area contributed by atoms with Gasteiger partial charge in [-0.1, -0.05) is 37.5 Å². The maximum absolute atomic E-state index is 12.9. The highest BCUT2D eigenvalue weighted by atomic mass is 32.1. The Bertz CT molecular complexity index is 1190. The van der Waals surface area contributed by atoms with E-state index >= 15 is 0 Å². The molecule has 36 heavy (non-hydrogen) atoms. The smallest absolute Gasteiger partial charge is 0.226 e. The van der Waals surface area contributed by atoms with Crippen molar-refractivity contribution in [1.29, 1.82) is 0 Å². The van der Waals surface area contributed by atoms with Crippen LogP contribution in [0.4, 0.5) is 5.69 Å². The van der Waals surface area contributed by atoms with E-state index in [-0.39, 0.29) is 18.0 Å². The predicted molar refractivity (Wildman–Crippen MR) is 145 cm³/mol. The van der Waals surface area contributed by atoms with E-state index in [9.17, 15) is 4.79 Å². The first kappa shape index (κ1) is 24.3. The summed E-state index contributed by atoms with van der Waals surface area (Å²) < 4.78 is 7.82. The summed E-state index contributed by atoms with van der Waals surface area (Å²) in [6.07, 6.45) is 10.6. The summed E-state index contributed by atoms with van der Waals surface area (Å²) in [5.41, 5.74) is 2.83. The van der Waals surface area contributed by atoms with Crippen molar-refractivity contribution >= 4 is 28.9 Å². The van der Waals surface area contributed by atoms with Crippen LogP contribution in [0.15, 0.2) is 67.0 Å². The van der Waals surface area contributed by atoms with Crippen LogP contribution in [0.5, 0.6) is 5.75 Å². The van der Waals surface area contributed by atoms with Crippen LogP contribution in [0.25, 0.3) is 0 Å². The average molecular weight is 504 g/mol. The maximum atomic E-state index is 12.9. The number of nitrogens with zero attached hydrogens (tertiary/aromatic N) is 3. The van der Waals surface area contributed by atoms with Crippen molar-refractivity contribution in [3.63, 3.8) is 0 Å². The number of amides is 1. The van der Waals surface area contributed by atoms with Crippen molar-refractivity contribution < 1.29 is 9.53 Å². The van der Waals surface area contributed by atoms with Gasteiger partial charge in [0, 0.05) is 37.1 Å². The Kier molecular flexibility index (Phi) is 7.51. The number of methoxy groups -OCH3 is 1. The summed E-state index contributed by atoms with van der Waals surface area (Å²) in [5.74, 6) is 0.563. The summed E-state index contributed by atoms with van der Waals surface area (Å²) in [6, 6.07) is 18.1. The third-order valence-electron chi connectivity index (χ3n) is 7.24. The molecule has 1 aliphatic carbocycles. The van der Waals surface area contributed by atoms with E-state index in [0.717, 1.165) is 5.69 Å². The molecule has 1 amide bonds. The van der Waals surface area contributed by atoms with Crippen LogP contribution in [0.3, 0.4) is 0 Å². The Balaban J connectivity index is 1.39. The molecule has 7 nitrogen and oxygen atoms in total. The number of hydrogen-bond acceptors (Lipinski definition) is 4. The molecule has 2 aliphatic rings. The summed E-state index contributed by atoms with van der Waals surface area (Å²) >= 11 is 5.82. The number of anilines is 1. The number of pyridine rings is 1. The minimum Gasteiger partial charge on any atom is -0.495 e. The molecule has 2 fully saturated rings. The molecule has 0 unspecified atom stereocenters. The Labute approximate surface area is 217 Å². The Morgan fingerprint density at radius 3 is 2.69 bits per heavy atom. The SMILES string of the molecule is COc1ccccc1NC(=O)CCN1C(=S)N[C@H](c2ccccn2)[C@@H]1c1cccn1C1CCCCC1. The standard InChI is InChI=1S/C28H33N5O2S/c1-35-24-15-6-5-12-21(24)30-25(34)16-19-33-27(26(31-28(33)36)22-13-7-8-17-29-22)23-14-9-18-32(23)20-10-3-2-4-11-20/h5-9,12-15,17-18,20,26-27H,2-4,10-11,16,19H2,1H3,(H,30,34)(H,31,36)/t26-,27+/m1/s1. The van der Waals surface area contributed by atoms with Gasteiger partial charge in [-0.05, 0) is 61.5 Å². The van der Waals surface area contributed by atoms with Crippen LogP contribution in [-0.4, -0.2) is 39.1 Å². The van der Waals surface area contributed by atoms with Crippen LogP contribution >= 0.6 is 12.2 Å². The molecule has 0 spiro atoms.